The lowest BCUT2D eigenvalue weighted by Gasteiger charge is -2.26. The summed E-state index contributed by atoms with van der Waals surface area (Å²) in [7, 11) is 0. The Bertz CT molecular complexity index is 655. The summed E-state index contributed by atoms with van der Waals surface area (Å²) in [5.74, 6) is 0.912. The highest BCUT2D eigenvalue weighted by atomic mass is 16.5. The highest BCUT2D eigenvalue weighted by molar-refractivity contribution is 5.89. The van der Waals surface area contributed by atoms with Gasteiger partial charge in [-0.15, -0.1) is 0 Å². The first-order valence-electron chi connectivity index (χ1n) is 7.05. The summed E-state index contributed by atoms with van der Waals surface area (Å²) in [4.78, 5) is 12.0. The van der Waals surface area contributed by atoms with Crippen LogP contribution in [0.25, 0.3) is 0 Å². The molecule has 0 saturated carbocycles. The summed E-state index contributed by atoms with van der Waals surface area (Å²) in [6.45, 7) is 2.49. The molecule has 108 valence electrons. The smallest absolute Gasteiger partial charge is 0.319 e. The zero-order valence-corrected chi connectivity index (χ0v) is 11.9. The number of para-hydroxylation sites is 1. The Hall–Kier alpha value is -2.49. The first kappa shape index (κ1) is 13.5. The maximum Gasteiger partial charge on any atom is 0.319 e. The largest absolute Gasteiger partial charge is 0.491 e. The van der Waals surface area contributed by atoms with Crippen molar-refractivity contribution in [3.05, 3.63) is 59.7 Å². The number of anilines is 1. The fourth-order valence-corrected chi connectivity index (χ4v) is 2.50. The zero-order valence-electron chi connectivity index (χ0n) is 11.9. The van der Waals surface area contributed by atoms with E-state index in [-0.39, 0.29) is 12.1 Å². The van der Waals surface area contributed by atoms with E-state index in [1.54, 1.807) is 0 Å². The van der Waals surface area contributed by atoms with Crippen molar-refractivity contribution in [2.24, 2.45) is 0 Å². The van der Waals surface area contributed by atoms with E-state index in [2.05, 4.69) is 10.6 Å². The number of carbonyl (C=O) groups is 1. The summed E-state index contributed by atoms with van der Waals surface area (Å²) in [6.07, 6.45) is 0.789. The van der Waals surface area contributed by atoms with E-state index in [1.165, 1.54) is 0 Å². The number of hydrogen-bond acceptors (Lipinski definition) is 2. The Balaban J connectivity index is 1.59. The van der Waals surface area contributed by atoms with Crippen molar-refractivity contribution in [1.82, 2.24) is 5.32 Å². The average Bonchev–Trinajstić information content (AvgIpc) is 2.47. The van der Waals surface area contributed by atoms with Gasteiger partial charge in [0.25, 0.3) is 0 Å². The minimum absolute atomic E-state index is 0.00953. The quantitative estimate of drug-likeness (QED) is 0.889. The van der Waals surface area contributed by atoms with Crippen LogP contribution in [0.3, 0.4) is 0 Å². The van der Waals surface area contributed by atoms with Gasteiger partial charge in [0, 0.05) is 5.69 Å². The molecule has 1 atom stereocenters. The first-order valence-corrected chi connectivity index (χ1v) is 7.05. The number of fused-ring (bicyclic) bond motifs is 1. The van der Waals surface area contributed by atoms with Crippen LogP contribution in [0, 0.1) is 6.92 Å². The predicted octanol–water partition coefficient (Wildman–Crippen LogP) is 3.12. The van der Waals surface area contributed by atoms with Crippen molar-refractivity contribution in [3.63, 3.8) is 0 Å². The van der Waals surface area contributed by atoms with Gasteiger partial charge >= 0.3 is 6.03 Å². The van der Waals surface area contributed by atoms with E-state index in [9.17, 15) is 4.79 Å². The third kappa shape index (κ3) is 3.34. The Morgan fingerprint density at radius 3 is 2.90 bits per heavy atom. The van der Waals surface area contributed by atoms with Crippen molar-refractivity contribution in [3.8, 4) is 5.75 Å². The molecule has 0 bridgehead atoms. The van der Waals surface area contributed by atoms with E-state index in [1.807, 2.05) is 55.5 Å². The van der Waals surface area contributed by atoms with Crippen LogP contribution in [0.15, 0.2) is 48.5 Å². The molecule has 2 N–H and O–H groups in total. The molecule has 21 heavy (non-hydrogen) atoms. The van der Waals surface area contributed by atoms with Gasteiger partial charge in [-0.3, -0.25) is 0 Å². The Kier molecular flexibility index (Phi) is 3.77. The van der Waals surface area contributed by atoms with Crippen molar-refractivity contribution in [2.45, 2.75) is 19.4 Å². The molecule has 2 aromatic carbocycles. The number of benzene rings is 2. The van der Waals surface area contributed by atoms with E-state index in [4.69, 9.17) is 4.74 Å². The minimum atomic E-state index is -0.200. The third-order valence-corrected chi connectivity index (χ3v) is 3.49. The molecular formula is C17H18N2O2. The standard InChI is InChI=1S/C17H18N2O2/c1-12-5-4-7-14(9-12)18-17(20)19-15-10-13-6-2-3-8-16(13)21-11-15/h2-9,15H,10-11H2,1H3,(H2,18,19,20)/t15-/m0/s1. The number of rotatable bonds is 2. The van der Waals surface area contributed by atoms with Gasteiger partial charge in [-0.1, -0.05) is 30.3 Å². The summed E-state index contributed by atoms with van der Waals surface area (Å²) < 4.78 is 5.66. The van der Waals surface area contributed by atoms with E-state index < -0.39 is 0 Å². The lowest BCUT2D eigenvalue weighted by Crippen LogP contribution is -2.44. The molecular weight excluding hydrogens is 264 g/mol. The molecule has 4 nitrogen and oxygen atoms in total. The molecule has 0 spiro atoms. The number of nitrogens with one attached hydrogen (secondary N) is 2. The van der Waals surface area contributed by atoms with Crippen LogP contribution >= 0.6 is 0 Å². The van der Waals surface area contributed by atoms with Gasteiger partial charge < -0.3 is 15.4 Å². The Morgan fingerprint density at radius 2 is 2.05 bits per heavy atom. The van der Waals surface area contributed by atoms with Crippen molar-refractivity contribution in [1.29, 1.82) is 0 Å². The van der Waals surface area contributed by atoms with Crippen molar-refractivity contribution >= 4 is 11.7 Å². The number of hydrogen-bond donors (Lipinski definition) is 2. The normalized spacial score (nSPS) is 16.5. The molecule has 1 aliphatic heterocycles. The van der Waals surface area contributed by atoms with Crippen LogP contribution < -0.4 is 15.4 Å². The van der Waals surface area contributed by atoms with Gasteiger partial charge in [-0.25, -0.2) is 4.79 Å². The molecule has 0 saturated heterocycles. The molecule has 0 aliphatic carbocycles. The second kappa shape index (κ2) is 5.87. The highest BCUT2D eigenvalue weighted by Crippen LogP contribution is 2.23. The van der Waals surface area contributed by atoms with Crippen molar-refractivity contribution in [2.75, 3.05) is 11.9 Å². The third-order valence-electron chi connectivity index (χ3n) is 3.49. The number of urea groups is 1. The van der Waals surface area contributed by atoms with Gasteiger partial charge in [-0.2, -0.15) is 0 Å². The lowest BCUT2D eigenvalue weighted by molar-refractivity contribution is 0.222. The van der Waals surface area contributed by atoms with Gasteiger partial charge in [0.05, 0.1) is 6.04 Å². The molecule has 0 radical (unpaired) electrons. The van der Waals surface area contributed by atoms with E-state index in [0.29, 0.717) is 6.61 Å². The zero-order chi connectivity index (χ0) is 14.7. The first-order chi connectivity index (χ1) is 10.2. The monoisotopic (exact) mass is 282 g/mol. The van der Waals surface area contributed by atoms with Crippen LogP contribution in [0.4, 0.5) is 10.5 Å². The molecule has 1 aliphatic rings. The maximum atomic E-state index is 12.0. The second-order valence-electron chi connectivity index (χ2n) is 5.29. The molecule has 0 fully saturated rings. The topological polar surface area (TPSA) is 50.4 Å². The Labute approximate surface area is 124 Å². The lowest BCUT2D eigenvalue weighted by atomic mass is 10.0. The van der Waals surface area contributed by atoms with E-state index in [0.717, 1.165) is 29.0 Å². The fourth-order valence-electron chi connectivity index (χ4n) is 2.50. The summed E-state index contributed by atoms with van der Waals surface area (Å²) in [5, 5.41) is 5.80. The minimum Gasteiger partial charge on any atom is -0.491 e. The molecule has 4 heteroatoms. The van der Waals surface area contributed by atoms with Gasteiger partial charge in [0.15, 0.2) is 0 Å². The van der Waals surface area contributed by atoms with Gasteiger partial charge in [0.2, 0.25) is 0 Å². The number of amides is 2. The molecule has 2 aromatic rings. The predicted molar refractivity (Wildman–Crippen MR) is 82.8 cm³/mol. The van der Waals surface area contributed by atoms with Crippen LogP contribution in [0.5, 0.6) is 5.75 Å². The SMILES string of the molecule is Cc1cccc(NC(=O)N[C@@H]2COc3ccccc3C2)c1. The number of ether oxygens (including phenoxy) is 1. The summed E-state index contributed by atoms with van der Waals surface area (Å²) in [5.41, 5.74) is 3.04. The van der Waals surface area contributed by atoms with Crippen LogP contribution in [-0.4, -0.2) is 18.7 Å². The average molecular weight is 282 g/mol. The summed E-state index contributed by atoms with van der Waals surface area (Å²) >= 11 is 0. The summed E-state index contributed by atoms with van der Waals surface area (Å²) in [6, 6.07) is 15.4. The highest BCUT2D eigenvalue weighted by Gasteiger charge is 2.20. The van der Waals surface area contributed by atoms with Crippen molar-refractivity contribution < 1.29 is 9.53 Å². The Morgan fingerprint density at radius 1 is 1.19 bits per heavy atom. The van der Waals surface area contributed by atoms with Crippen LogP contribution in [-0.2, 0) is 6.42 Å². The molecule has 0 aromatic heterocycles. The molecule has 2 amide bonds. The maximum absolute atomic E-state index is 12.0. The van der Waals surface area contributed by atoms with Crippen LogP contribution in [0.1, 0.15) is 11.1 Å². The fraction of sp³-hybridized carbons (Fsp3) is 0.235. The van der Waals surface area contributed by atoms with E-state index >= 15 is 0 Å². The number of aryl methyl sites for hydroxylation is 1. The number of carbonyl (C=O) groups excluding carboxylic acids is 1. The molecule has 0 unspecified atom stereocenters. The molecule has 1 heterocycles. The van der Waals surface area contributed by atoms with Gasteiger partial charge in [0.1, 0.15) is 12.4 Å². The van der Waals surface area contributed by atoms with Crippen LogP contribution in [0.2, 0.25) is 0 Å². The second-order valence-corrected chi connectivity index (χ2v) is 5.29. The molecule has 3 rings (SSSR count). The van der Waals surface area contributed by atoms with Gasteiger partial charge in [-0.05, 0) is 42.7 Å².